The normalized spacial score (nSPS) is 19.1. The van der Waals surface area contributed by atoms with E-state index < -0.39 is 6.10 Å². The number of nitrogens with one attached hydrogen (secondary N) is 1. The Morgan fingerprint density at radius 3 is 3.18 bits per heavy atom. The minimum absolute atomic E-state index is 0.0546. The Balaban J connectivity index is 1.61. The van der Waals surface area contributed by atoms with Crippen molar-refractivity contribution < 1.29 is 9.90 Å². The standard InChI is InChI=1S/C15H18N4O2S/c20-12(13-4-2-8-22-13)9-11-3-1-7-19(11)15(21)18-14-5-6-16-10-17-14/h2,4-6,8,10-12,20H,1,3,7,9H2,(H,16,17,18,21)/t11-,12+/m0/s1. The number of nitrogens with zero attached hydrogens (tertiary/aromatic N) is 3. The molecule has 2 amide bonds. The minimum Gasteiger partial charge on any atom is -0.387 e. The van der Waals surface area contributed by atoms with Gasteiger partial charge in [0, 0.05) is 23.7 Å². The van der Waals surface area contributed by atoms with Crippen molar-refractivity contribution in [2.75, 3.05) is 11.9 Å². The van der Waals surface area contributed by atoms with E-state index in [0.717, 1.165) is 17.7 Å². The molecule has 2 aromatic rings. The van der Waals surface area contributed by atoms with Crippen LogP contribution >= 0.6 is 11.3 Å². The van der Waals surface area contributed by atoms with Crippen LogP contribution in [0.5, 0.6) is 0 Å². The number of thiophene rings is 1. The SMILES string of the molecule is O=C(Nc1ccncn1)N1CCC[C@H]1C[C@@H](O)c1cccs1. The molecule has 3 rings (SSSR count). The number of anilines is 1. The molecule has 2 aromatic heterocycles. The fourth-order valence-corrected chi connectivity index (χ4v) is 3.47. The Kier molecular flexibility index (Phi) is 4.65. The Hall–Kier alpha value is -1.99. The molecular weight excluding hydrogens is 300 g/mol. The van der Waals surface area contributed by atoms with Gasteiger partial charge in [-0.3, -0.25) is 5.32 Å². The van der Waals surface area contributed by atoms with Crippen molar-refractivity contribution in [3.05, 3.63) is 41.0 Å². The summed E-state index contributed by atoms with van der Waals surface area (Å²) in [6.07, 6.45) is 4.91. The summed E-state index contributed by atoms with van der Waals surface area (Å²) >= 11 is 1.54. The number of aliphatic hydroxyl groups is 1. The first kappa shape index (κ1) is 14.9. The average Bonchev–Trinajstić information content (AvgIpc) is 3.19. The average molecular weight is 318 g/mol. The zero-order valence-corrected chi connectivity index (χ0v) is 12.9. The van der Waals surface area contributed by atoms with Gasteiger partial charge >= 0.3 is 6.03 Å². The maximum atomic E-state index is 12.4. The lowest BCUT2D eigenvalue weighted by atomic mass is 10.1. The van der Waals surface area contributed by atoms with Crippen LogP contribution in [0.25, 0.3) is 0 Å². The van der Waals surface area contributed by atoms with Gasteiger partial charge in [-0.05, 0) is 36.8 Å². The molecule has 1 aliphatic rings. The molecule has 1 saturated heterocycles. The Bertz CT molecular complexity index is 605. The van der Waals surface area contributed by atoms with Crippen LogP contribution in [0.3, 0.4) is 0 Å². The zero-order chi connectivity index (χ0) is 15.4. The van der Waals surface area contributed by atoms with Gasteiger partial charge in [-0.2, -0.15) is 0 Å². The monoisotopic (exact) mass is 318 g/mol. The predicted molar refractivity (Wildman–Crippen MR) is 84.7 cm³/mol. The first-order valence-electron chi connectivity index (χ1n) is 7.29. The predicted octanol–water partition coefficient (Wildman–Crippen LogP) is 2.66. The van der Waals surface area contributed by atoms with Crippen molar-refractivity contribution in [2.45, 2.75) is 31.4 Å². The molecule has 0 spiro atoms. The molecule has 22 heavy (non-hydrogen) atoms. The Labute approximate surface area is 132 Å². The highest BCUT2D eigenvalue weighted by molar-refractivity contribution is 7.10. The third-order valence-electron chi connectivity index (χ3n) is 3.82. The fourth-order valence-electron chi connectivity index (χ4n) is 2.75. The third-order valence-corrected chi connectivity index (χ3v) is 4.80. The van der Waals surface area contributed by atoms with Crippen molar-refractivity contribution in [2.24, 2.45) is 0 Å². The molecule has 3 heterocycles. The van der Waals surface area contributed by atoms with E-state index >= 15 is 0 Å². The molecule has 0 aliphatic carbocycles. The van der Waals surface area contributed by atoms with Crippen LogP contribution in [-0.4, -0.2) is 38.6 Å². The lowest BCUT2D eigenvalue weighted by Gasteiger charge is -2.26. The number of carbonyl (C=O) groups is 1. The van der Waals surface area contributed by atoms with Crippen LogP contribution in [0, 0.1) is 0 Å². The van der Waals surface area contributed by atoms with Crippen molar-refractivity contribution in [3.63, 3.8) is 0 Å². The van der Waals surface area contributed by atoms with Gasteiger partial charge in [0.15, 0.2) is 0 Å². The van der Waals surface area contributed by atoms with Crippen molar-refractivity contribution in [3.8, 4) is 0 Å². The number of aliphatic hydroxyl groups excluding tert-OH is 1. The smallest absolute Gasteiger partial charge is 0.323 e. The molecule has 2 atom stereocenters. The second-order valence-electron chi connectivity index (χ2n) is 5.28. The lowest BCUT2D eigenvalue weighted by molar-refractivity contribution is 0.132. The Morgan fingerprint density at radius 2 is 2.45 bits per heavy atom. The molecule has 0 radical (unpaired) electrons. The quantitative estimate of drug-likeness (QED) is 0.908. The molecule has 0 unspecified atom stereocenters. The highest BCUT2D eigenvalue weighted by Crippen LogP contribution is 2.29. The van der Waals surface area contributed by atoms with Gasteiger partial charge in [-0.25, -0.2) is 14.8 Å². The van der Waals surface area contributed by atoms with Crippen molar-refractivity contribution >= 4 is 23.2 Å². The van der Waals surface area contributed by atoms with Crippen LogP contribution in [0.1, 0.15) is 30.2 Å². The van der Waals surface area contributed by atoms with E-state index in [2.05, 4.69) is 15.3 Å². The van der Waals surface area contributed by atoms with Gasteiger partial charge < -0.3 is 10.0 Å². The van der Waals surface area contributed by atoms with Crippen LogP contribution in [-0.2, 0) is 0 Å². The largest absolute Gasteiger partial charge is 0.387 e. The van der Waals surface area contributed by atoms with Crippen LogP contribution < -0.4 is 5.32 Å². The molecule has 0 saturated carbocycles. The van der Waals surface area contributed by atoms with E-state index in [0.29, 0.717) is 18.8 Å². The van der Waals surface area contributed by atoms with Crippen molar-refractivity contribution in [1.29, 1.82) is 0 Å². The Morgan fingerprint density at radius 1 is 1.55 bits per heavy atom. The molecule has 116 valence electrons. The van der Waals surface area contributed by atoms with E-state index in [1.165, 1.54) is 6.33 Å². The van der Waals surface area contributed by atoms with Gasteiger partial charge in [0.05, 0.1) is 6.10 Å². The van der Waals surface area contributed by atoms with Gasteiger partial charge in [0.2, 0.25) is 0 Å². The van der Waals surface area contributed by atoms with Crippen LogP contribution in [0.4, 0.5) is 10.6 Å². The maximum absolute atomic E-state index is 12.4. The lowest BCUT2D eigenvalue weighted by Crippen LogP contribution is -2.39. The van der Waals surface area contributed by atoms with E-state index in [1.807, 2.05) is 17.5 Å². The highest BCUT2D eigenvalue weighted by atomic mass is 32.1. The molecule has 1 aliphatic heterocycles. The van der Waals surface area contributed by atoms with Gasteiger partial charge in [-0.15, -0.1) is 11.3 Å². The molecule has 1 fully saturated rings. The van der Waals surface area contributed by atoms with Crippen LogP contribution in [0.15, 0.2) is 36.1 Å². The van der Waals surface area contributed by atoms with Gasteiger partial charge in [0.25, 0.3) is 0 Å². The zero-order valence-electron chi connectivity index (χ0n) is 12.1. The fraction of sp³-hybridized carbons (Fsp3) is 0.400. The van der Waals surface area contributed by atoms with E-state index in [-0.39, 0.29) is 12.1 Å². The second-order valence-corrected chi connectivity index (χ2v) is 6.26. The van der Waals surface area contributed by atoms with Gasteiger partial charge in [0.1, 0.15) is 12.1 Å². The summed E-state index contributed by atoms with van der Waals surface area (Å²) in [7, 11) is 0. The summed E-state index contributed by atoms with van der Waals surface area (Å²) < 4.78 is 0. The molecule has 6 nitrogen and oxygen atoms in total. The molecule has 2 N–H and O–H groups in total. The summed E-state index contributed by atoms with van der Waals surface area (Å²) in [6, 6.07) is 5.40. The molecular formula is C15H18N4O2S. The van der Waals surface area contributed by atoms with Gasteiger partial charge in [-0.1, -0.05) is 6.07 Å². The van der Waals surface area contributed by atoms with Crippen molar-refractivity contribution in [1.82, 2.24) is 14.9 Å². The number of hydrogen-bond acceptors (Lipinski definition) is 5. The van der Waals surface area contributed by atoms with E-state index in [1.54, 1.807) is 28.5 Å². The number of rotatable bonds is 4. The summed E-state index contributed by atoms with van der Waals surface area (Å²) in [4.78, 5) is 22.9. The number of amides is 2. The molecule has 7 heteroatoms. The van der Waals surface area contributed by atoms with E-state index in [9.17, 15) is 9.90 Å². The topological polar surface area (TPSA) is 78.4 Å². The first-order valence-corrected chi connectivity index (χ1v) is 8.17. The number of hydrogen-bond donors (Lipinski definition) is 2. The molecule has 0 bridgehead atoms. The minimum atomic E-state index is -0.516. The summed E-state index contributed by atoms with van der Waals surface area (Å²) in [5.74, 6) is 0.490. The number of aromatic nitrogens is 2. The highest BCUT2D eigenvalue weighted by Gasteiger charge is 2.31. The maximum Gasteiger partial charge on any atom is 0.323 e. The number of urea groups is 1. The number of likely N-dealkylation sites (tertiary alicyclic amines) is 1. The summed E-state index contributed by atoms with van der Waals surface area (Å²) in [5, 5.41) is 15.0. The molecule has 0 aromatic carbocycles. The first-order chi connectivity index (χ1) is 10.7. The summed E-state index contributed by atoms with van der Waals surface area (Å²) in [5.41, 5.74) is 0. The third kappa shape index (κ3) is 3.42. The van der Waals surface area contributed by atoms with Crippen LogP contribution in [0.2, 0.25) is 0 Å². The van der Waals surface area contributed by atoms with E-state index in [4.69, 9.17) is 0 Å². The summed E-state index contributed by atoms with van der Waals surface area (Å²) in [6.45, 7) is 0.707. The second kappa shape index (κ2) is 6.85. The number of carbonyl (C=O) groups excluding carboxylic acids is 1.